The third-order valence-electron chi connectivity index (χ3n) is 4.59. The zero-order valence-electron chi connectivity index (χ0n) is 16.9. The van der Waals surface area contributed by atoms with Crippen LogP contribution in [0.4, 0.5) is 13.9 Å². The Labute approximate surface area is 183 Å². The van der Waals surface area contributed by atoms with Crippen molar-refractivity contribution in [2.24, 2.45) is 0 Å². The van der Waals surface area contributed by atoms with Crippen molar-refractivity contribution in [3.8, 4) is 0 Å². The van der Waals surface area contributed by atoms with Gasteiger partial charge in [0.25, 0.3) is 5.91 Å². The molecule has 3 aromatic rings. The van der Waals surface area contributed by atoms with Gasteiger partial charge in [-0.25, -0.2) is 22.2 Å². The number of carbonyl (C=O) groups is 1. The standard InChI is InChI=1S/C21H21F2N3O3S2/c1-3-26(4-2)31(28,29)18-7-5-6-15(11-18)20(27)25-21-24-13-17(30-21)10-14-8-9-16(22)12-19(14)23/h5-9,11-13H,3-4,10H2,1-2H3,(H,24,25,27). The largest absolute Gasteiger partial charge is 0.298 e. The Bertz CT molecular complexity index is 1190. The molecule has 0 atom stereocenters. The first-order valence-corrected chi connectivity index (χ1v) is 11.8. The lowest BCUT2D eigenvalue weighted by atomic mass is 10.1. The van der Waals surface area contributed by atoms with E-state index in [-0.39, 0.29) is 16.9 Å². The Morgan fingerprint density at radius 1 is 1.13 bits per heavy atom. The highest BCUT2D eigenvalue weighted by Crippen LogP contribution is 2.24. The molecule has 0 saturated carbocycles. The Kier molecular flexibility index (Phi) is 7.14. The zero-order chi connectivity index (χ0) is 22.6. The number of aromatic nitrogens is 1. The Morgan fingerprint density at radius 3 is 2.55 bits per heavy atom. The molecule has 1 N–H and O–H groups in total. The number of carbonyl (C=O) groups excluding carboxylic acids is 1. The molecule has 6 nitrogen and oxygen atoms in total. The summed E-state index contributed by atoms with van der Waals surface area (Å²) in [5.74, 6) is -1.81. The van der Waals surface area contributed by atoms with E-state index in [1.54, 1.807) is 13.8 Å². The number of nitrogens with zero attached hydrogens (tertiary/aromatic N) is 2. The van der Waals surface area contributed by atoms with Gasteiger partial charge in [-0.3, -0.25) is 10.1 Å². The van der Waals surface area contributed by atoms with Gasteiger partial charge in [-0.05, 0) is 29.8 Å². The molecule has 1 amide bonds. The van der Waals surface area contributed by atoms with Crippen LogP contribution in [0.1, 0.15) is 34.6 Å². The SMILES string of the molecule is CCN(CC)S(=O)(=O)c1cccc(C(=O)Nc2ncc(Cc3ccc(F)cc3F)s2)c1. The van der Waals surface area contributed by atoms with E-state index < -0.39 is 27.6 Å². The van der Waals surface area contributed by atoms with Gasteiger partial charge in [0.05, 0.1) is 4.90 Å². The molecule has 0 spiro atoms. The van der Waals surface area contributed by atoms with E-state index in [0.717, 1.165) is 17.4 Å². The molecule has 31 heavy (non-hydrogen) atoms. The van der Waals surface area contributed by atoms with Crippen molar-refractivity contribution < 1.29 is 22.0 Å². The van der Waals surface area contributed by atoms with E-state index in [2.05, 4.69) is 10.3 Å². The van der Waals surface area contributed by atoms with Gasteiger partial charge in [0.15, 0.2) is 5.13 Å². The third kappa shape index (κ3) is 5.33. The summed E-state index contributed by atoms with van der Waals surface area (Å²) in [6, 6.07) is 9.16. The molecule has 0 radical (unpaired) electrons. The van der Waals surface area contributed by atoms with Crippen molar-refractivity contribution in [1.29, 1.82) is 0 Å². The zero-order valence-corrected chi connectivity index (χ0v) is 18.6. The summed E-state index contributed by atoms with van der Waals surface area (Å²) in [7, 11) is -3.69. The monoisotopic (exact) mass is 465 g/mol. The maximum Gasteiger partial charge on any atom is 0.257 e. The quantitative estimate of drug-likeness (QED) is 0.538. The van der Waals surface area contributed by atoms with Gasteiger partial charge >= 0.3 is 0 Å². The predicted molar refractivity (Wildman–Crippen MR) is 116 cm³/mol. The first kappa shape index (κ1) is 23.0. The average Bonchev–Trinajstić information content (AvgIpc) is 3.17. The van der Waals surface area contributed by atoms with Crippen molar-refractivity contribution in [3.63, 3.8) is 0 Å². The minimum Gasteiger partial charge on any atom is -0.298 e. The van der Waals surface area contributed by atoms with Crippen molar-refractivity contribution in [2.75, 3.05) is 18.4 Å². The molecule has 2 aromatic carbocycles. The van der Waals surface area contributed by atoms with Crippen LogP contribution in [-0.2, 0) is 16.4 Å². The molecule has 1 heterocycles. The van der Waals surface area contributed by atoms with Crippen LogP contribution >= 0.6 is 11.3 Å². The summed E-state index contributed by atoms with van der Waals surface area (Å²) < 4.78 is 53.6. The molecule has 1 aromatic heterocycles. The van der Waals surface area contributed by atoms with Crippen LogP contribution in [0.5, 0.6) is 0 Å². The van der Waals surface area contributed by atoms with Crippen LogP contribution in [0, 0.1) is 11.6 Å². The Morgan fingerprint density at radius 2 is 1.87 bits per heavy atom. The second-order valence-electron chi connectivity index (χ2n) is 6.62. The average molecular weight is 466 g/mol. The van der Waals surface area contributed by atoms with Gasteiger partial charge in [0.2, 0.25) is 10.0 Å². The van der Waals surface area contributed by atoms with Gasteiger partial charge in [-0.15, -0.1) is 11.3 Å². The van der Waals surface area contributed by atoms with E-state index in [1.165, 1.54) is 46.9 Å². The first-order chi connectivity index (χ1) is 14.7. The lowest BCUT2D eigenvalue weighted by molar-refractivity contribution is 0.102. The number of sulfonamides is 1. The molecule has 0 aliphatic rings. The second-order valence-corrected chi connectivity index (χ2v) is 9.67. The summed E-state index contributed by atoms with van der Waals surface area (Å²) >= 11 is 1.16. The number of halogens is 2. The highest BCUT2D eigenvalue weighted by molar-refractivity contribution is 7.89. The molecular weight excluding hydrogens is 444 g/mol. The predicted octanol–water partition coefficient (Wildman–Crippen LogP) is 4.29. The molecular formula is C21H21F2N3O3S2. The highest BCUT2D eigenvalue weighted by atomic mass is 32.2. The molecule has 0 unspecified atom stereocenters. The first-order valence-electron chi connectivity index (χ1n) is 9.54. The molecule has 0 aliphatic carbocycles. The van der Waals surface area contributed by atoms with Gasteiger partial charge in [-0.2, -0.15) is 4.31 Å². The normalized spacial score (nSPS) is 11.6. The van der Waals surface area contributed by atoms with Crippen molar-refractivity contribution in [1.82, 2.24) is 9.29 Å². The lowest BCUT2D eigenvalue weighted by Gasteiger charge is -2.18. The molecule has 164 valence electrons. The fourth-order valence-corrected chi connectivity index (χ4v) is 5.31. The number of thiazole rings is 1. The van der Waals surface area contributed by atoms with E-state index in [9.17, 15) is 22.0 Å². The summed E-state index contributed by atoms with van der Waals surface area (Å²) in [5.41, 5.74) is 0.492. The van der Waals surface area contributed by atoms with Crippen molar-refractivity contribution >= 4 is 32.4 Å². The highest BCUT2D eigenvalue weighted by Gasteiger charge is 2.22. The van der Waals surface area contributed by atoms with Gasteiger partial charge in [0.1, 0.15) is 11.6 Å². The van der Waals surface area contributed by atoms with Gasteiger partial charge < -0.3 is 0 Å². The minimum absolute atomic E-state index is 0.0375. The van der Waals surface area contributed by atoms with Crippen molar-refractivity contribution in [2.45, 2.75) is 25.2 Å². The van der Waals surface area contributed by atoms with E-state index in [4.69, 9.17) is 0 Å². The topological polar surface area (TPSA) is 79.4 Å². The van der Waals surface area contributed by atoms with Gasteiger partial charge in [0, 0.05) is 42.2 Å². The maximum absolute atomic E-state index is 13.8. The summed E-state index contributed by atoms with van der Waals surface area (Å²) in [4.78, 5) is 17.4. The number of anilines is 1. The number of rotatable bonds is 8. The Hall–Kier alpha value is -2.69. The van der Waals surface area contributed by atoms with Crippen LogP contribution in [-0.4, -0.2) is 36.7 Å². The summed E-state index contributed by atoms with van der Waals surface area (Å²) in [6.45, 7) is 4.14. The van der Waals surface area contributed by atoms with Crippen LogP contribution in [0.25, 0.3) is 0 Å². The van der Waals surface area contributed by atoms with E-state index >= 15 is 0 Å². The minimum atomic E-state index is -3.69. The summed E-state index contributed by atoms with van der Waals surface area (Å²) in [5, 5.41) is 2.92. The summed E-state index contributed by atoms with van der Waals surface area (Å²) in [6.07, 6.45) is 1.71. The Balaban J connectivity index is 1.74. The number of hydrogen-bond acceptors (Lipinski definition) is 5. The smallest absolute Gasteiger partial charge is 0.257 e. The molecule has 0 aliphatic heterocycles. The van der Waals surface area contributed by atoms with Crippen LogP contribution in [0.3, 0.4) is 0 Å². The molecule has 3 rings (SSSR count). The lowest BCUT2D eigenvalue weighted by Crippen LogP contribution is -2.30. The molecule has 0 bridgehead atoms. The van der Waals surface area contributed by atoms with Crippen LogP contribution in [0.2, 0.25) is 0 Å². The van der Waals surface area contributed by atoms with Crippen LogP contribution < -0.4 is 5.32 Å². The molecule has 10 heteroatoms. The van der Waals surface area contributed by atoms with E-state index in [0.29, 0.717) is 28.7 Å². The van der Waals surface area contributed by atoms with Gasteiger partial charge in [-0.1, -0.05) is 26.0 Å². The molecule has 0 fully saturated rings. The maximum atomic E-state index is 13.8. The number of hydrogen-bond donors (Lipinski definition) is 1. The second kappa shape index (κ2) is 9.63. The number of amides is 1. The van der Waals surface area contributed by atoms with E-state index in [1.807, 2.05) is 0 Å². The fraction of sp³-hybridized carbons (Fsp3) is 0.238. The fourth-order valence-electron chi connectivity index (χ4n) is 2.98. The van der Waals surface area contributed by atoms with Crippen molar-refractivity contribution in [3.05, 3.63) is 76.3 Å². The number of nitrogens with one attached hydrogen (secondary N) is 1. The molecule has 0 saturated heterocycles. The number of benzene rings is 2. The van der Waals surface area contributed by atoms with Crippen LogP contribution in [0.15, 0.2) is 53.6 Å². The third-order valence-corrected chi connectivity index (χ3v) is 7.55.